The maximum absolute atomic E-state index is 13.1. The van der Waals surface area contributed by atoms with Gasteiger partial charge < -0.3 is 10.3 Å². The van der Waals surface area contributed by atoms with Crippen LogP contribution in [0.4, 0.5) is 10.1 Å². The Kier molecular flexibility index (Phi) is 2.95. The topological polar surface area (TPSA) is 57.8 Å². The second kappa shape index (κ2) is 4.77. The summed E-state index contributed by atoms with van der Waals surface area (Å²) in [6, 6.07) is 11.4. The number of amides is 1. The minimum Gasteiger partial charge on any atom is -0.334 e. The van der Waals surface area contributed by atoms with Crippen molar-refractivity contribution < 1.29 is 9.18 Å². The van der Waals surface area contributed by atoms with Crippen molar-refractivity contribution in [3.8, 4) is 0 Å². The van der Waals surface area contributed by atoms with Crippen molar-refractivity contribution in [1.82, 2.24) is 9.97 Å². The summed E-state index contributed by atoms with van der Waals surface area (Å²) >= 11 is 0. The second-order valence-corrected chi connectivity index (χ2v) is 4.57. The van der Waals surface area contributed by atoms with E-state index in [1.54, 1.807) is 6.07 Å². The van der Waals surface area contributed by atoms with Crippen molar-refractivity contribution in [1.29, 1.82) is 0 Å². The van der Waals surface area contributed by atoms with Crippen LogP contribution in [0.3, 0.4) is 0 Å². The molecule has 0 atom stereocenters. The SMILES string of the molecule is Cc1ccc2[nH]c(C(=O)Nc3cccc(F)c3)nc2c1. The van der Waals surface area contributed by atoms with E-state index in [4.69, 9.17) is 0 Å². The predicted molar refractivity (Wildman–Crippen MR) is 75.2 cm³/mol. The summed E-state index contributed by atoms with van der Waals surface area (Å²) in [6.45, 7) is 1.96. The zero-order chi connectivity index (χ0) is 14.1. The largest absolute Gasteiger partial charge is 0.334 e. The Labute approximate surface area is 114 Å². The van der Waals surface area contributed by atoms with Crippen LogP contribution >= 0.6 is 0 Å². The maximum Gasteiger partial charge on any atom is 0.291 e. The van der Waals surface area contributed by atoms with Crippen LogP contribution in [0.5, 0.6) is 0 Å². The van der Waals surface area contributed by atoms with Crippen LogP contribution in [0.1, 0.15) is 16.2 Å². The van der Waals surface area contributed by atoms with E-state index >= 15 is 0 Å². The third-order valence-electron chi connectivity index (χ3n) is 2.94. The first-order valence-corrected chi connectivity index (χ1v) is 6.15. The van der Waals surface area contributed by atoms with E-state index in [1.165, 1.54) is 18.2 Å². The number of fused-ring (bicyclic) bond motifs is 1. The lowest BCUT2D eigenvalue weighted by Gasteiger charge is -2.02. The number of aromatic nitrogens is 2. The van der Waals surface area contributed by atoms with E-state index in [-0.39, 0.29) is 5.82 Å². The number of halogens is 1. The molecule has 0 bridgehead atoms. The van der Waals surface area contributed by atoms with Crippen LogP contribution in [0.25, 0.3) is 11.0 Å². The van der Waals surface area contributed by atoms with Crippen LogP contribution < -0.4 is 5.32 Å². The summed E-state index contributed by atoms with van der Waals surface area (Å²) in [7, 11) is 0. The Morgan fingerprint density at radius 2 is 2.10 bits per heavy atom. The van der Waals surface area contributed by atoms with Crippen molar-refractivity contribution in [2.24, 2.45) is 0 Å². The quantitative estimate of drug-likeness (QED) is 0.750. The van der Waals surface area contributed by atoms with Crippen LogP contribution in [0.2, 0.25) is 0 Å². The number of anilines is 1. The normalized spacial score (nSPS) is 10.7. The zero-order valence-corrected chi connectivity index (χ0v) is 10.8. The highest BCUT2D eigenvalue weighted by atomic mass is 19.1. The Morgan fingerprint density at radius 3 is 2.90 bits per heavy atom. The summed E-state index contributed by atoms with van der Waals surface area (Å²) in [6.07, 6.45) is 0. The average Bonchev–Trinajstić information content (AvgIpc) is 2.81. The Morgan fingerprint density at radius 1 is 1.25 bits per heavy atom. The van der Waals surface area contributed by atoms with Crippen molar-refractivity contribution in [3.05, 3.63) is 59.7 Å². The highest BCUT2D eigenvalue weighted by molar-refractivity contribution is 6.03. The zero-order valence-electron chi connectivity index (χ0n) is 10.8. The number of carbonyl (C=O) groups excluding carboxylic acids is 1. The number of carbonyl (C=O) groups is 1. The fraction of sp³-hybridized carbons (Fsp3) is 0.0667. The molecule has 0 saturated heterocycles. The maximum atomic E-state index is 13.1. The average molecular weight is 269 g/mol. The molecule has 0 spiro atoms. The van der Waals surface area contributed by atoms with Gasteiger partial charge in [0.15, 0.2) is 5.82 Å². The fourth-order valence-electron chi connectivity index (χ4n) is 1.98. The number of aryl methyl sites for hydroxylation is 1. The molecule has 5 heteroatoms. The lowest BCUT2D eigenvalue weighted by Crippen LogP contribution is -2.13. The molecular formula is C15H12FN3O. The van der Waals surface area contributed by atoms with Gasteiger partial charge in [-0.1, -0.05) is 12.1 Å². The van der Waals surface area contributed by atoms with E-state index in [1.807, 2.05) is 25.1 Å². The second-order valence-electron chi connectivity index (χ2n) is 4.57. The molecule has 2 N–H and O–H groups in total. The van der Waals surface area contributed by atoms with Crippen molar-refractivity contribution in [3.63, 3.8) is 0 Å². The minimum atomic E-state index is -0.400. The fourth-order valence-corrected chi connectivity index (χ4v) is 1.98. The molecule has 20 heavy (non-hydrogen) atoms. The summed E-state index contributed by atoms with van der Waals surface area (Å²) in [5.41, 5.74) is 2.99. The van der Waals surface area contributed by atoms with Gasteiger partial charge in [0, 0.05) is 5.69 Å². The van der Waals surface area contributed by atoms with Crippen LogP contribution in [0, 0.1) is 12.7 Å². The third kappa shape index (κ3) is 2.38. The number of benzene rings is 2. The number of rotatable bonds is 2. The molecule has 1 amide bonds. The van der Waals surface area contributed by atoms with E-state index < -0.39 is 11.7 Å². The molecule has 0 aliphatic heterocycles. The first-order chi connectivity index (χ1) is 9.61. The van der Waals surface area contributed by atoms with Crippen LogP contribution in [-0.4, -0.2) is 15.9 Å². The monoisotopic (exact) mass is 269 g/mol. The number of H-pyrrole nitrogens is 1. The molecular weight excluding hydrogens is 257 g/mol. The molecule has 1 aromatic heterocycles. The molecule has 4 nitrogen and oxygen atoms in total. The van der Waals surface area contributed by atoms with E-state index in [0.717, 1.165) is 16.6 Å². The smallest absolute Gasteiger partial charge is 0.291 e. The number of aromatic amines is 1. The van der Waals surface area contributed by atoms with Gasteiger partial charge in [-0.15, -0.1) is 0 Å². The molecule has 0 radical (unpaired) electrons. The number of imidazole rings is 1. The summed E-state index contributed by atoms with van der Waals surface area (Å²) < 4.78 is 13.1. The first kappa shape index (κ1) is 12.3. The van der Waals surface area contributed by atoms with Gasteiger partial charge in [0.25, 0.3) is 5.91 Å². The van der Waals surface area contributed by atoms with Crippen molar-refractivity contribution >= 4 is 22.6 Å². The Hall–Kier alpha value is -2.69. The highest BCUT2D eigenvalue weighted by Crippen LogP contribution is 2.15. The van der Waals surface area contributed by atoms with Gasteiger partial charge in [0.05, 0.1) is 11.0 Å². The van der Waals surface area contributed by atoms with Gasteiger partial charge in [0.1, 0.15) is 5.82 Å². The minimum absolute atomic E-state index is 0.204. The Bertz CT molecular complexity index is 795. The molecule has 0 saturated carbocycles. The van der Waals surface area contributed by atoms with Gasteiger partial charge in [-0.25, -0.2) is 9.37 Å². The van der Waals surface area contributed by atoms with E-state index in [2.05, 4.69) is 15.3 Å². The molecule has 100 valence electrons. The van der Waals surface area contributed by atoms with Gasteiger partial charge in [-0.3, -0.25) is 4.79 Å². The predicted octanol–water partition coefficient (Wildman–Crippen LogP) is 3.26. The van der Waals surface area contributed by atoms with E-state index in [0.29, 0.717) is 5.69 Å². The highest BCUT2D eigenvalue weighted by Gasteiger charge is 2.11. The summed E-state index contributed by atoms with van der Waals surface area (Å²) in [5, 5.41) is 2.60. The Balaban J connectivity index is 1.88. The molecule has 3 rings (SSSR count). The van der Waals surface area contributed by atoms with Gasteiger partial charge in [-0.05, 0) is 42.8 Å². The van der Waals surface area contributed by atoms with Gasteiger partial charge in [0.2, 0.25) is 0 Å². The van der Waals surface area contributed by atoms with Crippen LogP contribution in [0.15, 0.2) is 42.5 Å². The number of nitrogens with zero attached hydrogens (tertiary/aromatic N) is 1. The number of hydrogen-bond donors (Lipinski definition) is 2. The van der Waals surface area contributed by atoms with E-state index in [9.17, 15) is 9.18 Å². The summed E-state index contributed by atoms with van der Waals surface area (Å²) in [4.78, 5) is 19.2. The standard InChI is InChI=1S/C15H12FN3O/c1-9-5-6-12-13(7-9)19-14(18-12)15(20)17-11-4-2-3-10(16)8-11/h2-8H,1H3,(H,17,20)(H,18,19). The molecule has 1 heterocycles. The lowest BCUT2D eigenvalue weighted by atomic mass is 10.2. The third-order valence-corrected chi connectivity index (χ3v) is 2.94. The first-order valence-electron chi connectivity index (χ1n) is 6.15. The van der Waals surface area contributed by atoms with Crippen LogP contribution in [-0.2, 0) is 0 Å². The lowest BCUT2D eigenvalue weighted by molar-refractivity contribution is 0.101. The van der Waals surface area contributed by atoms with Gasteiger partial charge >= 0.3 is 0 Å². The van der Waals surface area contributed by atoms with Crippen molar-refractivity contribution in [2.45, 2.75) is 6.92 Å². The number of hydrogen-bond acceptors (Lipinski definition) is 2. The molecule has 3 aromatic rings. The molecule has 0 unspecified atom stereocenters. The van der Waals surface area contributed by atoms with Gasteiger partial charge in [-0.2, -0.15) is 0 Å². The number of nitrogens with one attached hydrogen (secondary N) is 2. The summed E-state index contributed by atoms with van der Waals surface area (Å²) in [5.74, 6) is -0.595. The molecule has 0 fully saturated rings. The van der Waals surface area contributed by atoms with Crippen molar-refractivity contribution in [2.75, 3.05) is 5.32 Å². The molecule has 0 aliphatic carbocycles. The molecule has 0 aliphatic rings. The molecule has 2 aromatic carbocycles.